The van der Waals surface area contributed by atoms with Crippen molar-refractivity contribution in [2.24, 2.45) is 0 Å². The first-order chi connectivity index (χ1) is 13.5. The lowest BCUT2D eigenvalue weighted by Gasteiger charge is -2.36. The number of phenols is 1. The molecule has 8 heteroatoms. The van der Waals surface area contributed by atoms with Gasteiger partial charge >= 0.3 is 0 Å². The van der Waals surface area contributed by atoms with Gasteiger partial charge in [0.1, 0.15) is 11.6 Å². The van der Waals surface area contributed by atoms with E-state index in [2.05, 4.69) is 27.4 Å². The van der Waals surface area contributed by atoms with E-state index >= 15 is 0 Å². The summed E-state index contributed by atoms with van der Waals surface area (Å²) in [6, 6.07) is 5.61. The number of piperazine rings is 1. The molecule has 1 fully saturated rings. The maximum atomic E-state index is 14.4. The number of phenolic OH excluding ortho intramolecular Hbond substituents is 1. The fourth-order valence-corrected chi connectivity index (χ4v) is 3.75. The molecule has 1 unspecified atom stereocenters. The van der Waals surface area contributed by atoms with Crippen LogP contribution in [0, 0.1) is 12.7 Å². The van der Waals surface area contributed by atoms with Gasteiger partial charge in [-0.3, -0.25) is 9.89 Å². The van der Waals surface area contributed by atoms with Crippen molar-refractivity contribution in [3.8, 4) is 17.0 Å². The number of aromatic nitrogens is 3. The number of nitrogens with one attached hydrogen (secondary N) is 2. The molecular formula is C20H22FN5O2. The minimum Gasteiger partial charge on any atom is -0.508 e. The van der Waals surface area contributed by atoms with E-state index in [-0.39, 0.29) is 23.3 Å². The van der Waals surface area contributed by atoms with Crippen molar-refractivity contribution in [1.29, 1.82) is 0 Å². The Kier molecular flexibility index (Phi) is 4.72. The second-order valence-electron chi connectivity index (χ2n) is 7.02. The van der Waals surface area contributed by atoms with Gasteiger partial charge in [-0.15, -0.1) is 0 Å². The van der Waals surface area contributed by atoms with Crippen LogP contribution in [0.3, 0.4) is 0 Å². The highest BCUT2D eigenvalue weighted by molar-refractivity contribution is 6.07. The number of aromatic hydroxyl groups is 1. The second kappa shape index (κ2) is 7.20. The molecule has 1 amide bonds. The maximum Gasteiger partial charge on any atom is 0.255 e. The number of H-pyrrole nitrogens is 1. The lowest BCUT2D eigenvalue weighted by atomic mass is 10.0. The van der Waals surface area contributed by atoms with Crippen molar-refractivity contribution >= 4 is 16.9 Å². The number of carbonyl (C=O) groups is 1. The predicted molar refractivity (Wildman–Crippen MR) is 104 cm³/mol. The Balaban J connectivity index is 1.87. The zero-order chi connectivity index (χ0) is 19.8. The molecule has 0 aliphatic carbocycles. The molecule has 146 valence electrons. The zero-order valence-electron chi connectivity index (χ0n) is 15.8. The number of benzene rings is 1. The fraction of sp³-hybridized carbons (Fsp3) is 0.350. The van der Waals surface area contributed by atoms with Crippen molar-refractivity contribution < 1.29 is 14.3 Å². The molecule has 0 spiro atoms. The number of hydrogen-bond donors (Lipinski definition) is 3. The third-order valence-electron chi connectivity index (χ3n) is 5.25. The molecular weight excluding hydrogens is 361 g/mol. The highest BCUT2D eigenvalue weighted by Crippen LogP contribution is 2.30. The van der Waals surface area contributed by atoms with Crippen LogP contribution < -0.4 is 5.32 Å². The number of rotatable bonds is 3. The Morgan fingerprint density at radius 3 is 2.96 bits per heavy atom. The van der Waals surface area contributed by atoms with E-state index in [4.69, 9.17) is 0 Å². The van der Waals surface area contributed by atoms with E-state index in [0.29, 0.717) is 34.5 Å². The van der Waals surface area contributed by atoms with Gasteiger partial charge in [0.2, 0.25) is 0 Å². The van der Waals surface area contributed by atoms with Gasteiger partial charge in [-0.05, 0) is 31.5 Å². The van der Waals surface area contributed by atoms with Crippen molar-refractivity contribution in [2.75, 3.05) is 19.6 Å². The highest BCUT2D eigenvalue weighted by Gasteiger charge is 2.29. The molecule has 3 heterocycles. The summed E-state index contributed by atoms with van der Waals surface area (Å²) >= 11 is 0. The van der Waals surface area contributed by atoms with Crippen LogP contribution in [-0.4, -0.2) is 56.8 Å². The van der Waals surface area contributed by atoms with Crippen LogP contribution >= 0.6 is 0 Å². The van der Waals surface area contributed by atoms with E-state index in [0.717, 1.165) is 25.6 Å². The molecule has 2 aromatic heterocycles. The van der Waals surface area contributed by atoms with E-state index < -0.39 is 5.82 Å². The highest BCUT2D eigenvalue weighted by atomic mass is 19.1. The Morgan fingerprint density at radius 1 is 1.39 bits per heavy atom. The first kappa shape index (κ1) is 18.4. The molecule has 1 aromatic carbocycles. The summed E-state index contributed by atoms with van der Waals surface area (Å²) in [6.45, 7) is 5.97. The number of carbonyl (C=O) groups excluding carboxylic acids is 1. The molecule has 3 N–H and O–H groups in total. The van der Waals surface area contributed by atoms with Crippen LogP contribution in [0.25, 0.3) is 22.3 Å². The summed E-state index contributed by atoms with van der Waals surface area (Å²) in [6.07, 6.45) is 0.844. The standard InChI is InChI=1S/C20H22FN5O2/c1-3-12-10-22-6-7-26(12)20(28)15-9-17(14-5-4-13(27)8-16(14)21)23-19-18(15)11(2)24-25-19/h4-5,8-9,12,22,27H,3,6-7,10H2,1-2H3,(H,23,24,25). The molecule has 28 heavy (non-hydrogen) atoms. The summed E-state index contributed by atoms with van der Waals surface area (Å²) in [5, 5.41) is 20.5. The van der Waals surface area contributed by atoms with Crippen LogP contribution in [0.5, 0.6) is 5.75 Å². The van der Waals surface area contributed by atoms with Crippen LogP contribution in [0.4, 0.5) is 4.39 Å². The molecule has 7 nitrogen and oxygen atoms in total. The normalized spacial score (nSPS) is 17.2. The lowest BCUT2D eigenvalue weighted by Crippen LogP contribution is -2.53. The monoisotopic (exact) mass is 383 g/mol. The number of fused-ring (bicyclic) bond motifs is 1. The molecule has 0 radical (unpaired) electrons. The zero-order valence-corrected chi connectivity index (χ0v) is 15.8. The van der Waals surface area contributed by atoms with Gasteiger partial charge in [-0.2, -0.15) is 5.10 Å². The maximum absolute atomic E-state index is 14.4. The Hall–Kier alpha value is -3.00. The van der Waals surface area contributed by atoms with Crippen molar-refractivity contribution in [3.63, 3.8) is 0 Å². The average Bonchev–Trinajstić information content (AvgIpc) is 3.07. The van der Waals surface area contributed by atoms with Gasteiger partial charge in [-0.25, -0.2) is 9.37 Å². The van der Waals surface area contributed by atoms with Gasteiger partial charge in [0, 0.05) is 37.3 Å². The van der Waals surface area contributed by atoms with E-state index in [1.165, 1.54) is 12.1 Å². The summed E-state index contributed by atoms with van der Waals surface area (Å²) in [5.74, 6) is -0.872. The van der Waals surface area contributed by atoms with E-state index in [9.17, 15) is 14.3 Å². The van der Waals surface area contributed by atoms with Gasteiger partial charge in [0.05, 0.1) is 22.3 Å². The third kappa shape index (κ3) is 3.09. The molecule has 1 atom stereocenters. The average molecular weight is 383 g/mol. The summed E-state index contributed by atoms with van der Waals surface area (Å²) < 4.78 is 14.4. The summed E-state index contributed by atoms with van der Waals surface area (Å²) in [4.78, 5) is 19.8. The number of amides is 1. The van der Waals surface area contributed by atoms with E-state index in [1.807, 2.05) is 11.8 Å². The number of halogens is 1. The first-order valence-corrected chi connectivity index (χ1v) is 9.36. The number of hydrogen-bond acceptors (Lipinski definition) is 5. The van der Waals surface area contributed by atoms with Gasteiger partial charge in [0.25, 0.3) is 5.91 Å². The van der Waals surface area contributed by atoms with Crippen LogP contribution in [0.2, 0.25) is 0 Å². The molecule has 1 aliphatic heterocycles. The molecule has 1 saturated heterocycles. The number of pyridine rings is 1. The van der Waals surface area contributed by atoms with Gasteiger partial charge in [-0.1, -0.05) is 6.92 Å². The van der Waals surface area contributed by atoms with Gasteiger partial charge in [0.15, 0.2) is 5.65 Å². The second-order valence-corrected chi connectivity index (χ2v) is 7.02. The Morgan fingerprint density at radius 2 is 2.21 bits per heavy atom. The fourth-order valence-electron chi connectivity index (χ4n) is 3.75. The SMILES string of the molecule is CCC1CNCCN1C(=O)c1cc(-c2ccc(O)cc2F)nc2[nH]nc(C)c12. The summed E-state index contributed by atoms with van der Waals surface area (Å²) in [5.41, 5.74) is 2.10. The van der Waals surface area contributed by atoms with Crippen molar-refractivity contribution in [3.05, 3.63) is 41.3 Å². The molecule has 1 aliphatic rings. The molecule has 3 aromatic rings. The Bertz CT molecular complexity index is 1050. The number of aryl methyl sites for hydroxylation is 1. The van der Waals surface area contributed by atoms with E-state index in [1.54, 1.807) is 6.07 Å². The van der Waals surface area contributed by atoms with Crippen molar-refractivity contribution in [1.82, 2.24) is 25.4 Å². The smallest absolute Gasteiger partial charge is 0.255 e. The largest absolute Gasteiger partial charge is 0.508 e. The quantitative estimate of drug-likeness (QED) is 0.646. The number of aromatic amines is 1. The van der Waals surface area contributed by atoms with Crippen LogP contribution in [0.15, 0.2) is 24.3 Å². The minimum atomic E-state index is -0.602. The number of nitrogens with zero attached hydrogens (tertiary/aromatic N) is 3. The Labute approximate surface area is 161 Å². The third-order valence-corrected chi connectivity index (χ3v) is 5.25. The lowest BCUT2D eigenvalue weighted by molar-refractivity contribution is 0.0633. The van der Waals surface area contributed by atoms with Crippen LogP contribution in [0.1, 0.15) is 29.4 Å². The minimum absolute atomic E-state index is 0.102. The predicted octanol–water partition coefficient (Wildman–Crippen LogP) is 2.60. The summed E-state index contributed by atoms with van der Waals surface area (Å²) in [7, 11) is 0. The topological polar surface area (TPSA) is 94.1 Å². The van der Waals surface area contributed by atoms with Crippen LogP contribution in [-0.2, 0) is 0 Å². The molecule has 0 bridgehead atoms. The molecule has 4 rings (SSSR count). The first-order valence-electron chi connectivity index (χ1n) is 9.36. The van der Waals surface area contributed by atoms with Gasteiger partial charge < -0.3 is 15.3 Å². The molecule has 0 saturated carbocycles. The van der Waals surface area contributed by atoms with Crippen molar-refractivity contribution in [2.45, 2.75) is 26.3 Å².